The Morgan fingerprint density at radius 2 is 1.40 bits per heavy atom. The smallest absolute Gasteiger partial charge is 0.0406 e. The summed E-state index contributed by atoms with van der Waals surface area (Å²) in [7, 11) is 0. The SMILES string of the molecule is CCC=CC1CCC(CCC2CCC(c3ccc(Cl)cc3)CC2)CC1. The van der Waals surface area contributed by atoms with Crippen LogP contribution in [0.25, 0.3) is 0 Å². The molecule has 0 radical (unpaired) electrons. The third kappa shape index (κ3) is 5.88. The molecule has 2 aliphatic rings. The van der Waals surface area contributed by atoms with Gasteiger partial charge in [-0.3, -0.25) is 0 Å². The highest BCUT2D eigenvalue weighted by Gasteiger charge is 2.24. The molecule has 0 nitrogen and oxygen atoms in total. The predicted octanol–water partition coefficient (Wildman–Crippen LogP) is 8.17. The van der Waals surface area contributed by atoms with E-state index in [9.17, 15) is 0 Å². The van der Waals surface area contributed by atoms with E-state index in [0.29, 0.717) is 0 Å². The van der Waals surface area contributed by atoms with E-state index in [4.69, 9.17) is 11.6 Å². The van der Waals surface area contributed by atoms with Gasteiger partial charge in [0.1, 0.15) is 0 Å². The molecule has 0 bridgehead atoms. The van der Waals surface area contributed by atoms with Crippen LogP contribution in [0.1, 0.15) is 89.0 Å². The minimum Gasteiger partial charge on any atom is -0.0885 e. The van der Waals surface area contributed by atoms with Crippen molar-refractivity contribution in [3.05, 3.63) is 47.0 Å². The van der Waals surface area contributed by atoms with Gasteiger partial charge >= 0.3 is 0 Å². The van der Waals surface area contributed by atoms with Gasteiger partial charge in [-0.05, 0) is 99.2 Å². The van der Waals surface area contributed by atoms with Crippen molar-refractivity contribution in [1.82, 2.24) is 0 Å². The molecule has 0 aliphatic heterocycles. The molecule has 25 heavy (non-hydrogen) atoms. The van der Waals surface area contributed by atoms with Crippen LogP contribution in [-0.2, 0) is 0 Å². The lowest BCUT2D eigenvalue weighted by Gasteiger charge is -2.31. The summed E-state index contributed by atoms with van der Waals surface area (Å²) in [6, 6.07) is 8.57. The summed E-state index contributed by atoms with van der Waals surface area (Å²) in [4.78, 5) is 0. The number of hydrogen-bond acceptors (Lipinski definition) is 0. The second-order valence-corrected chi connectivity index (χ2v) is 8.90. The van der Waals surface area contributed by atoms with E-state index in [1.807, 2.05) is 0 Å². The van der Waals surface area contributed by atoms with E-state index < -0.39 is 0 Å². The molecule has 1 aromatic carbocycles. The molecule has 0 N–H and O–H groups in total. The Morgan fingerprint density at radius 1 is 0.840 bits per heavy atom. The zero-order chi connectivity index (χ0) is 17.5. The maximum Gasteiger partial charge on any atom is 0.0406 e. The van der Waals surface area contributed by atoms with Crippen molar-refractivity contribution in [2.45, 2.75) is 83.5 Å². The molecule has 1 heteroatoms. The van der Waals surface area contributed by atoms with Crippen molar-refractivity contribution in [3.8, 4) is 0 Å². The third-order valence-electron chi connectivity index (χ3n) is 6.71. The van der Waals surface area contributed by atoms with Gasteiger partial charge in [0.2, 0.25) is 0 Å². The molecule has 2 fully saturated rings. The summed E-state index contributed by atoms with van der Waals surface area (Å²) >= 11 is 6.02. The molecular formula is C24H35Cl. The van der Waals surface area contributed by atoms with Gasteiger partial charge in [-0.2, -0.15) is 0 Å². The van der Waals surface area contributed by atoms with Crippen LogP contribution in [0.5, 0.6) is 0 Å². The lowest BCUT2D eigenvalue weighted by Crippen LogP contribution is -2.17. The van der Waals surface area contributed by atoms with Gasteiger partial charge in [-0.1, -0.05) is 55.7 Å². The van der Waals surface area contributed by atoms with E-state index in [-0.39, 0.29) is 0 Å². The fraction of sp³-hybridized carbons (Fsp3) is 0.667. The van der Waals surface area contributed by atoms with E-state index >= 15 is 0 Å². The second-order valence-electron chi connectivity index (χ2n) is 8.46. The van der Waals surface area contributed by atoms with Crippen molar-refractivity contribution >= 4 is 11.6 Å². The molecule has 0 unspecified atom stereocenters. The van der Waals surface area contributed by atoms with Crippen LogP contribution < -0.4 is 0 Å². The molecule has 3 rings (SSSR count). The second kappa shape index (κ2) is 9.81. The zero-order valence-corrected chi connectivity index (χ0v) is 16.7. The first-order valence-corrected chi connectivity index (χ1v) is 11.0. The molecule has 0 saturated heterocycles. The average molecular weight is 359 g/mol. The van der Waals surface area contributed by atoms with Gasteiger partial charge in [0.25, 0.3) is 0 Å². The van der Waals surface area contributed by atoms with Crippen molar-refractivity contribution in [2.75, 3.05) is 0 Å². The molecule has 0 heterocycles. The molecule has 0 spiro atoms. The van der Waals surface area contributed by atoms with Crippen LogP contribution in [0.4, 0.5) is 0 Å². The molecule has 0 aromatic heterocycles. The fourth-order valence-electron chi connectivity index (χ4n) is 4.99. The highest BCUT2D eigenvalue weighted by atomic mass is 35.5. The Hall–Kier alpha value is -0.750. The van der Waals surface area contributed by atoms with E-state index in [2.05, 4.69) is 43.3 Å². The first-order chi connectivity index (χ1) is 12.2. The average Bonchev–Trinajstić information content (AvgIpc) is 2.67. The molecule has 0 atom stereocenters. The van der Waals surface area contributed by atoms with Gasteiger partial charge < -0.3 is 0 Å². The van der Waals surface area contributed by atoms with Crippen LogP contribution in [-0.4, -0.2) is 0 Å². The normalized spacial score (nSPS) is 30.6. The molecule has 138 valence electrons. The summed E-state index contributed by atoms with van der Waals surface area (Å²) in [6.45, 7) is 2.24. The first-order valence-electron chi connectivity index (χ1n) is 10.7. The Bertz CT molecular complexity index is 514. The molecule has 0 amide bonds. The molecule has 2 aliphatic carbocycles. The van der Waals surface area contributed by atoms with Crippen LogP contribution in [0.3, 0.4) is 0 Å². The summed E-state index contributed by atoms with van der Waals surface area (Å²) in [6.07, 6.45) is 20.4. The number of benzene rings is 1. The third-order valence-corrected chi connectivity index (χ3v) is 6.96. The fourth-order valence-corrected chi connectivity index (χ4v) is 5.11. The van der Waals surface area contributed by atoms with Gasteiger partial charge in [0.15, 0.2) is 0 Å². The highest BCUT2D eigenvalue weighted by molar-refractivity contribution is 6.30. The van der Waals surface area contributed by atoms with Crippen molar-refractivity contribution in [1.29, 1.82) is 0 Å². The largest absolute Gasteiger partial charge is 0.0885 e. The summed E-state index contributed by atoms with van der Waals surface area (Å²) in [5, 5.41) is 0.859. The maximum absolute atomic E-state index is 6.02. The predicted molar refractivity (Wildman–Crippen MR) is 110 cm³/mol. The Labute approximate surface area is 160 Å². The Morgan fingerprint density at radius 3 is 1.96 bits per heavy atom. The minimum absolute atomic E-state index is 0.773. The van der Waals surface area contributed by atoms with Crippen LogP contribution in [0.2, 0.25) is 5.02 Å². The summed E-state index contributed by atoms with van der Waals surface area (Å²) in [5.41, 5.74) is 1.50. The molecule has 2 saturated carbocycles. The van der Waals surface area contributed by atoms with Gasteiger partial charge in [0, 0.05) is 5.02 Å². The topological polar surface area (TPSA) is 0 Å². The Balaban J connectivity index is 1.34. The van der Waals surface area contributed by atoms with Crippen molar-refractivity contribution in [3.63, 3.8) is 0 Å². The minimum atomic E-state index is 0.773. The maximum atomic E-state index is 6.02. The monoisotopic (exact) mass is 358 g/mol. The quantitative estimate of drug-likeness (QED) is 0.450. The number of halogens is 1. The number of allylic oxidation sites excluding steroid dienone is 2. The van der Waals surface area contributed by atoms with Crippen molar-refractivity contribution in [2.24, 2.45) is 17.8 Å². The van der Waals surface area contributed by atoms with E-state index in [1.54, 1.807) is 0 Å². The number of hydrogen-bond donors (Lipinski definition) is 0. The van der Waals surface area contributed by atoms with Crippen molar-refractivity contribution < 1.29 is 0 Å². The van der Waals surface area contributed by atoms with Crippen LogP contribution in [0, 0.1) is 17.8 Å². The van der Waals surface area contributed by atoms with E-state index in [0.717, 1.165) is 28.7 Å². The lowest BCUT2D eigenvalue weighted by atomic mass is 9.74. The van der Waals surface area contributed by atoms with Gasteiger partial charge in [-0.15, -0.1) is 0 Å². The van der Waals surface area contributed by atoms with Crippen LogP contribution in [0.15, 0.2) is 36.4 Å². The first kappa shape index (κ1) is 19.0. The molecule has 1 aromatic rings. The summed E-state index contributed by atoms with van der Waals surface area (Å²) in [5.74, 6) is 3.65. The van der Waals surface area contributed by atoms with Crippen LogP contribution >= 0.6 is 11.6 Å². The molecular weight excluding hydrogens is 324 g/mol. The highest BCUT2D eigenvalue weighted by Crippen LogP contribution is 2.40. The number of rotatable bonds is 6. The summed E-state index contributed by atoms with van der Waals surface area (Å²) < 4.78 is 0. The van der Waals surface area contributed by atoms with Gasteiger partial charge in [0.05, 0.1) is 0 Å². The van der Waals surface area contributed by atoms with Gasteiger partial charge in [-0.25, -0.2) is 0 Å². The standard InChI is InChI=1S/C24H35Cl/c1-2-3-4-19-5-7-20(8-6-19)9-10-21-11-13-22(14-12-21)23-15-17-24(25)18-16-23/h3-4,15-22H,2,5-14H2,1H3. The van der Waals surface area contributed by atoms with E-state index in [1.165, 1.54) is 76.2 Å². The Kier molecular flexibility index (Phi) is 7.47. The lowest BCUT2D eigenvalue weighted by molar-refractivity contribution is 0.246. The zero-order valence-electron chi connectivity index (χ0n) is 15.9.